The molecule has 0 radical (unpaired) electrons. The minimum atomic E-state index is -3.08. The van der Waals surface area contributed by atoms with Gasteiger partial charge in [0.1, 0.15) is 0 Å². The summed E-state index contributed by atoms with van der Waals surface area (Å²) in [6, 6.07) is 0. The van der Waals surface area contributed by atoms with Crippen molar-refractivity contribution >= 4 is 20.0 Å². The maximum atomic E-state index is 9.45. The molecule has 2 nitrogen and oxygen atoms in total. The minimum Gasteiger partial charge on any atom is -0.770 e. The lowest BCUT2D eigenvalue weighted by Crippen LogP contribution is -1.86. The SMILES string of the molecule is CS(=O)([O-])=S. The van der Waals surface area contributed by atoms with Gasteiger partial charge >= 0.3 is 0 Å². The van der Waals surface area contributed by atoms with Gasteiger partial charge in [-0.05, 0) is 20.0 Å². The predicted molar refractivity (Wildman–Crippen MR) is 22.2 cm³/mol. The maximum Gasteiger partial charge on any atom is 0.00199 e. The fourth-order valence-electron chi connectivity index (χ4n) is 0. The maximum absolute atomic E-state index is 9.45. The van der Waals surface area contributed by atoms with Gasteiger partial charge in [0.15, 0.2) is 0 Å². The average molecular weight is 111 g/mol. The van der Waals surface area contributed by atoms with Crippen LogP contribution in [0.5, 0.6) is 0 Å². The summed E-state index contributed by atoms with van der Waals surface area (Å²) in [6.07, 6.45) is 0.975. The van der Waals surface area contributed by atoms with E-state index in [4.69, 9.17) is 0 Å². The van der Waals surface area contributed by atoms with Crippen molar-refractivity contribution in [3.05, 3.63) is 0 Å². The molecular formula is CH3O2S2-. The normalized spacial score (nSPS) is 21.2. The molecule has 1 unspecified atom stereocenters. The predicted octanol–water partition coefficient (Wildman–Crippen LogP) is -0.507. The van der Waals surface area contributed by atoms with Crippen LogP contribution in [-0.2, 0) is 20.0 Å². The molecule has 32 valence electrons. The Labute approximate surface area is 35.7 Å². The van der Waals surface area contributed by atoms with Crippen molar-refractivity contribution in [3.8, 4) is 0 Å². The standard InChI is InChI=1S/CH4O2S2/c1-5(2,3)4/h1H3,(H,2,3,4)/p-1. The van der Waals surface area contributed by atoms with Crippen LogP contribution in [0.15, 0.2) is 0 Å². The van der Waals surface area contributed by atoms with Gasteiger partial charge in [-0.1, -0.05) is 0 Å². The molecule has 4 heteroatoms. The molecule has 0 aromatic carbocycles. The van der Waals surface area contributed by atoms with E-state index < -0.39 is 8.77 Å². The molecule has 0 saturated heterocycles. The van der Waals surface area contributed by atoms with Crippen molar-refractivity contribution in [3.63, 3.8) is 0 Å². The van der Waals surface area contributed by atoms with E-state index in [2.05, 4.69) is 11.2 Å². The lowest BCUT2D eigenvalue weighted by Gasteiger charge is -1.95. The van der Waals surface area contributed by atoms with Crippen molar-refractivity contribution < 1.29 is 8.76 Å². The van der Waals surface area contributed by atoms with Crippen molar-refractivity contribution in [2.75, 3.05) is 6.26 Å². The van der Waals surface area contributed by atoms with E-state index in [0.717, 1.165) is 6.26 Å². The molecule has 0 fully saturated rings. The Hall–Kier alpha value is 0.330. The summed E-state index contributed by atoms with van der Waals surface area (Å²) in [5.41, 5.74) is 0. The zero-order chi connectivity index (χ0) is 4.50. The molecule has 0 saturated carbocycles. The molecule has 0 rings (SSSR count). The van der Waals surface area contributed by atoms with E-state index in [1.807, 2.05) is 0 Å². The van der Waals surface area contributed by atoms with E-state index in [-0.39, 0.29) is 0 Å². The highest BCUT2D eigenvalue weighted by atomic mass is 32.8. The summed E-state index contributed by atoms with van der Waals surface area (Å²) in [6.45, 7) is 0. The van der Waals surface area contributed by atoms with Crippen molar-refractivity contribution in [1.82, 2.24) is 0 Å². The molecule has 5 heavy (non-hydrogen) atoms. The van der Waals surface area contributed by atoms with Gasteiger partial charge in [-0.25, -0.2) is 0 Å². The van der Waals surface area contributed by atoms with Gasteiger partial charge < -0.3 is 4.55 Å². The van der Waals surface area contributed by atoms with Crippen LogP contribution < -0.4 is 0 Å². The molecule has 0 N–H and O–H groups in total. The zero-order valence-corrected chi connectivity index (χ0v) is 4.27. The third-order valence-corrected chi connectivity index (χ3v) is 0. The van der Waals surface area contributed by atoms with Crippen molar-refractivity contribution in [2.24, 2.45) is 0 Å². The third kappa shape index (κ3) is 216. The Morgan fingerprint density at radius 3 is 2.00 bits per heavy atom. The summed E-state index contributed by atoms with van der Waals surface area (Å²) in [5, 5.41) is 0. The molecular weight excluding hydrogens is 108 g/mol. The van der Waals surface area contributed by atoms with Gasteiger partial charge in [0, 0.05) is 6.26 Å². The van der Waals surface area contributed by atoms with E-state index in [0.29, 0.717) is 0 Å². The molecule has 0 amide bonds. The first kappa shape index (κ1) is 5.33. The highest BCUT2D eigenvalue weighted by Crippen LogP contribution is 1.62. The molecule has 0 aromatic rings. The number of hydrogen-bond donors (Lipinski definition) is 0. The van der Waals surface area contributed by atoms with E-state index >= 15 is 0 Å². The summed E-state index contributed by atoms with van der Waals surface area (Å²) >= 11 is 3.80. The monoisotopic (exact) mass is 111 g/mol. The van der Waals surface area contributed by atoms with Crippen LogP contribution in [-0.4, -0.2) is 15.0 Å². The van der Waals surface area contributed by atoms with Crippen LogP contribution in [0.1, 0.15) is 0 Å². The largest absolute Gasteiger partial charge is 0.770 e. The Balaban J connectivity index is 4.06. The van der Waals surface area contributed by atoms with Gasteiger partial charge in [-0.15, -0.1) is 0 Å². The molecule has 0 aliphatic carbocycles. The van der Waals surface area contributed by atoms with Gasteiger partial charge in [-0.2, -0.15) is 0 Å². The quantitative estimate of drug-likeness (QED) is 0.423. The molecule has 1 atom stereocenters. The molecule has 0 spiro atoms. The van der Waals surface area contributed by atoms with Crippen molar-refractivity contribution in [2.45, 2.75) is 0 Å². The lowest BCUT2D eigenvalue weighted by atomic mass is 12.0. The second-order valence-electron chi connectivity index (χ2n) is 0.704. The van der Waals surface area contributed by atoms with E-state index in [9.17, 15) is 8.76 Å². The van der Waals surface area contributed by atoms with Crippen LogP contribution in [0.25, 0.3) is 0 Å². The zero-order valence-electron chi connectivity index (χ0n) is 2.63. The summed E-state index contributed by atoms with van der Waals surface area (Å²) < 4.78 is 18.9. The van der Waals surface area contributed by atoms with Gasteiger partial charge in [0.25, 0.3) is 0 Å². The van der Waals surface area contributed by atoms with E-state index in [1.54, 1.807) is 0 Å². The topological polar surface area (TPSA) is 40.1 Å². The molecule has 0 aliphatic rings. The molecule has 0 aliphatic heterocycles. The highest BCUT2D eigenvalue weighted by Gasteiger charge is 1.59. The fraction of sp³-hybridized carbons (Fsp3) is 1.00. The van der Waals surface area contributed by atoms with Crippen LogP contribution in [0.3, 0.4) is 0 Å². The highest BCUT2D eigenvalue weighted by molar-refractivity contribution is 8.29. The smallest absolute Gasteiger partial charge is 0.00199 e. The molecule has 0 heterocycles. The Kier molecular flexibility index (Phi) is 1.28. The summed E-state index contributed by atoms with van der Waals surface area (Å²) in [7, 11) is -3.08. The van der Waals surface area contributed by atoms with Gasteiger partial charge in [0.2, 0.25) is 0 Å². The number of hydrogen-bond acceptors (Lipinski definition) is 3. The van der Waals surface area contributed by atoms with Crippen LogP contribution in [0, 0.1) is 0 Å². The van der Waals surface area contributed by atoms with E-state index in [1.165, 1.54) is 0 Å². The third-order valence-electron chi connectivity index (χ3n) is 0. The second kappa shape index (κ2) is 1.20. The second-order valence-corrected chi connectivity index (χ2v) is 3.93. The Morgan fingerprint density at radius 2 is 2.00 bits per heavy atom. The Morgan fingerprint density at radius 1 is 2.00 bits per heavy atom. The lowest BCUT2D eigenvalue weighted by molar-refractivity contribution is 0.541. The summed E-state index contributed by atoms with van der Waals surface area (Å²) in [4.78, 5) is 0. The fourth-order valence-corrected chi connectivity index (χ4v) is 0. The van der Waals surface area contributed by atoms with Crippen LogP contribution in [0.2, 0.25) is 0 Å². The van der Waals surface area contributed by atoms with Gasteiger partial charge in [-0.3, -0.25) is 4.21 Å². The molecule has 0 bridgehead atoms. The van der Waals surface area contributed by atoms with Crippen LogP contribution >= 0.6 is 0 Å². The Bertz CT molecular complexity index is 90.8. The molecule has 0 aromatic heterocycles. The van der Waals surface area contributed by atoms with Crippen molar-refractivity contribution in [1.29, 1.82) is 0 Å². The number of rotatable bonds is 0. The van der Waals surface area contributed by atoms with Crippen LogP contribution in [0.4, 0.5) is 0 Å². The van der Waals surface area contributed by atoms with Gasteiger partial charge in [0.05, 0.1) is 0 Å². The summed E-state index contributed by atoms with van der Waals surface area (Å²) in [5.74, 6) is 0. The first-order chi connectivity index (χ1) is 2.00. The average Bonchev–Trinajstić information content (AvgIpc) is 0.722. The first-order valence-electron chi connectivity index (χ1n) is 0.908. The first-order valence-corrected chi connectivity index (χ1v) is 3.72. The minimum absolute atomic E-state index is 0.975.